The number of alkyl halides is 3. The first kappa shape index (κ1) is 17.5. The Labute approximate surface area is 144 Å². The fourth-order valence-corrected chi connectivity index (χ4v) is 3.51. The van der Waals surface area contributed by atoms with Gasteiger partial charge in [0, 0.05) is 11.1 Å². The molecule has 1 aliphatic carbocycles. The van der Waals surface area contributed by atoms with E-state index in [1.54, 1.807) is 0 Å². The van der Waals surface area contributed by atoms with Crippen LogP contribution >= 0.6 is 0 Å². The van der Waals surface area contributed by atoms with Gasteiger partial charge < -0.3 is 11.5 Å². The third kappa shape index (κ3) is 3.86. The second-order valence-corrected chi connectivity index (χ2v) is 6.49. The molecule has 1 aromatic carbocycles. The van der Waals surface area contributed by atoms with Crippen LogP contribution in [0.4, 0.5) is 24.9 Å². The van der Waals surface area contributed by atoms with Gasteiger partial charge in [0.05, 0.1) is 11.3 Å². The Bertz CT molecular complexity index is 733. The molecule has 0 aliphatic heterocycles. The molecule has 1 heterocycles. The normalized spacial score (nSPS) is 16.6. The molecule has 0 radical (unpaired) electrons. The standard InChI is InChI=1S/C18H21F3N4/c19-18(20,21)13-9-7-12(8-10-13)15-14(16(22)25-17(23)24-15)11-5-3-1-2-4-6-11/h7-11H,1-6H2,(H4,22,23,24,25). The molecule has 1 aliphatic rings. The topological polar surface area (TPSA) is 77.8 Å². The lowest BCUT2D eigenvalue weighted by molar-refractivity contribution is -0.137. The van der Waals surface area contributed by atoms with Gasteiger partial charge in [-0.2, -0.15) is 18.2 Å². The summed E-state index contributed by atoms with van der Waals surface area (Å²) in [5, 5.41) is 0. The molecule has 134 valence electrons. The highest BCUT2D eigenvalue weighted by atomic mass is 19.4. The zero-order chi connectivity index (χ0) is 18.0. The van der Waals surface area contributed by atoms with Crippen molar-refractivity contribution in [2.75, 3.05) is 11.5 Å². The second kappa shape index (κ2) is 6.90. The quantitative estimate of drug-likeness (QED) is 0.765. The van der Waals surface area contributed by atoms with Crippen molar-refractivity contribution in [1.29, 1.82) is 0 Å². The lowest BCUT2D eigenvalue weighted by Crippen LogP contribution is -2.11. The number of nitrogen functional groups attached to an aromatic ring is 2. The number of halogens is 3. The van der Waals surface area contributed by atoms with Gasteiger partial charge in [-0.05, 0) is 30.9 Å². The molecule has 0 amide bonds. The number of nitrogens with zero attached hydrogens (tertiary/aromatic N) is 2. The third-order valence-electron chi connectivity index (χ3n) is 4.74. The van der Waals surface area contributed by atoms with Crippen LogP contribution in [0.2, 0.25) is 0 Å². The van der Waals surface area contributed by atoms with E-state index < -0.39 is 11.7 Å². The van der Waals surface area contributed by atoms with Crippen LogP contribution in [-0.4, -0.2) is 9.97 Å². The van der Waals surface area contributed by atoms with Gasteiger partial charge in [-0.1, -0.05) is 37.8 Å². The molecule has 4 nitrogen and oxygen atoms in total. The average Bonchev–Trinajstić information content (AvgIpc) is 2.82. The van der Waals surface area contributed by atoms with Gasteiger partial charge in [-0.25, -0.2) is 4.98 Å². The first-order valence-electron chi connectivity index (χ1n) is 8.47. The predicted octanol–water partition coefficient (Wildman–Crippen LogP) is 4.76. The Morgan fingerprint density at radius 1 is 0.880 bits per heavy atom. The lowest BCUT2D eigenvalue weighted by Gasteiger charge is -2.20. The predicted molar refractivity (Wildman–Crippen MR) is 91.7 cm³/mol. The van der Waals surface area contributed by atoms with Gasteiger partial charge in [0.15, 0.2) is 0 Å². The highest BCUT2D eigenvalue weighted by Crippen LogP contribution is 2.40. The summed E-state index contributed by atoms with van der Waals surface area (Å²) in [6, 6.07) is 4.95. The molecule has 1 saturated carbocycles. The smallest absolute Gasteiger partial charge is 0.383 e. The van der Waals surface area contributed by atoms with Crippen molar-refractivity contribution in [3.63, 3.8) is 0 Å². The van der Waals surface area contributed by atoms with Gasteiger partial charge in [0.25, 0.3) is 0 Å². The highest BCUT2D eigenvalue weighted by molar-refractivity contribution is 5.70. The summed E-state index contributed by atoms with van der Waals surface area (Å²) in [5.74, 6) is 0.569. The number of hydrogen-bond acceptors (Lipinski definition) is 4. The van der Waals surface area contributed by atoms with E-state index in [9.17, 15) is 13.2 Å². The van der Waals surface area contributed by atoms with Crippen molar-refractivity contribution in [2.45, 2.75) is 50.6 Å². The van der Waals surface area contributed by atoms with Crippen LogP contribution in [-0.2, 0) is 6.18 Å². The Morgan fingerprint density at radius 2 is 1.48 bits per heavy atom. The fourth-order valence-electron chi connectivity index (χ4n) is 3.51. The van der Waals surface area contributed by atoms with E-state index in [0.717, 1.165) is 43.4 Å². The highest BCUT2D eigenvalue weighted by Gasteiger charge is 2.30. The van der Waals surface area contributed by atoms with Crippen molar-refractivity contribution in [3.05, 3.63) is 35.4 Å². The summed E-state index contributed by atoms with van der Waals surface area (Å²) < 4.78 is 38.4. The van der Waals surface area contributed by atoms with Crippen LogP contribution < -0.4 is 11.5 Å². The minimum absolute atomic E-state index is 0.0322. The number of benzene rings is 1. The summed E-state index contributed by atoms with van der Waals surface area (Å²) in [4.78, 5) is 8.39. The number of anilines is 2. The van der Waals surface area contributed by atoms with Gasteiger partial charge in [-0.15, -0.1) is 0 Å². The molecule has 0 atom stereocenters. The first-order chi connectivity index (χ1) is 11.9. The summed E-state index contributed by atoms with van der Waals surface area (Å²) in [6.07, 6.45) is 2.15. The molecule has 2 aromatic rings. The van der Waals surface area contributed by atoms with Gasteiger partial charge in [0.2, 0.25) is 5.95 Å². The van der Waals surface area contributed by atoms with Crippen LogP contribution in [0.5, 0.6) is 0 Å². The molecular weight excluding hydrogens is 329 g/mol. The number of nitrogens with two attached hydrogens (primary N) is 2. The molecular formula is C18H21F3N4. The fraction of sp³-hybridized carbons (Fsp3) is 0.444. The summed E-state index contributed by atoms with van der Waals surface area (Å²) >= 11 is 0. The van der Waals surface area contributed by atoms with Crippen LogP contribution in [0.25, 0.3) is 11.3 Å². The SMILES string of the molecule is Nc1nc(N)c(C2CCCCCC2)c(-c2ccc(C(F)(F)F)cc2)n1. The molecule has 3 rings (SSSR count). The van der Waals surface area contributed by atoms with Crippen LogP contribution in [0.3, 0.4) is 0 Å². The van der Waals surface area contributed by atoms with Gasteiger partial charge in [-0.3, -0.25) is 0 Å². The largest absolute Gasteiger partial charge is 0.416 e. The molecule has 25 heavy (non-hydrogen) atoms. The summed E-state index contributed by atoms with van der Waals surface area (Å²) in [5.41, 5.74) is 13.1. The van der Waals surface area contributed by atoms with Crippen LogP contribution in [0, 0.1) is 0 Å². The zero-order valence-corrected chi connectivity index (χ0v) is 13.8. The van der Waals surface area contributed by atoms with E-state index in [1.165, 1.54) is 25.0 Å². The Hall–Kier alpha value is -2.31. The number of aromatic nitrogens is 2. The molecule has 1 aromatic heterocycles. The Morgan fingerprint density at radius 3 is 2.04 bits per heavy atom. The second-order valence-electron chi connectivity index (χ2n) is 6.49. The molecule has 1 fully saturated rings. The molecule has 0 unspecified atom stereocenters. The van der Waals surface area contributed by atoms with Crippen molar-refractivity contribution in [1.82, 2.24) is 9.97 Å². The number of rotatable bonds is 2. The van der Waals surface area contributed by atoms with Gasteiger partial charge >= 0.3 is 6.18 Å². The first-order valence-corrected chi connectivity index (χ1v) is 8.47. The average molecular weight is 350 g/mol. The molecule has 4 N–H and O–H groups in total. The van der Waals surface area contributed by atoms with E-state index in [-0.39, 0.29) is 11.9 Å². The molecule has 0 spiro atoms. The van der Waals surface area contributed by atoms with E-state index in [0.29, 0.717) is 17.1 Å². The monoisotopic (exact) mass is 350 g/mol. The van der Waals surface area contributed by atoms with Crippen molar-refractivity contribution in [3.8, 4) is 11.3 Å². The minimum atomic E-state index is -4.37. The number of hydrogen-bond donors (Lipinski definition) is 2. The minimum Gasteiger partial charge on any atom is -0.383 e. The zero-order valence-electron chi connectivity index (χ0n) is 13.8. The summed E-state index contributed by atoms with van der Waals surface area (Å²) in [7, 11) is 0. The molecule has 0 bridgehead atoms. The maximum absolute atomic E-state index is 12.8. The van der Waals surface area contributed by atoms with Crippen LogP contribution in [0.15, 0.2) is 24.3 Å². The third-order valence-corrected chi connectivity index (χ3v) is 4.74. The van der Waals surface area contributed by atoms with E-state index >= 15 is 0 Å². The van der Waals surface area contributed by atoms with E-state index in [2.05, 4.69) is 9.97 Å². The van der Waals surface area contributed by atoms with Crippen molar-refractivity contribution >= 4 is 11.8 Å². The molecule has 7 heteroatoms. The van der Waals surface area contributed by atoms with E-state index in [4.69, 9.17) is 11.5 Å². The van der Waals surface area contributed by atoms with Crippen molar-refractivity contribution < 1.29 is 13.2 Å². The maximum Gasteiger partial charge on any atom is 0.416 e. The summed E-state index contributed by atoms with van der Waals surface area (Å²) in [6.45, 7) is 0. The van der Waals surface area contributed by atoms with Crippen LogP contribution in [0.1, 0.15) is 55.6 Å². The molecule has 0 saturated heterocycles. The maximum atomic E-state index is 12.8. The van der Waals surface area contributed by atoms with Crippen molar-refractivity contribution in [2.24, 2.45) is 0 Å². The lowest BCUT2D eigenvalue weighted by atomic mass is 9.88. The van der Waals surface area contributed by atoms with E-state index in [1.807, 2.05) is 0 Å². The van der Waals surface area contributed by atoms with Gasteiger partial charge in [0.1, 0.15) is 5.82 Å². The Kier molecular flexibility index (Phi) is 4.83. The Balaban J connectivity index is 2.05.